The molecule has 1 rings (SSSR count). The number of amides is 1. The summed E-state index contributed by atoms with van der Waals surface area (Å²) >= 11 is 5.92. The predicted octanol–water partition coefficient (Wildman–Crippen LogP) is 4.61. The van der Waals surface area contributed by atoms with Gasteiger partial charge in [-0.3, -0.25) is 9.78 Å². The second-order valence-corrected chi connectivity index (χ2v) is 5.49. The zero-order valence-electron chi connectivity index (χ0n) is 12.3. The summed E-state index contributed by atoms with van der Waals surface area (Å²) in [6, 6.07) is 1.64. The summed E-state index contributed by atoms with van der Waals surface area (Å²) in [5.41, 5.74) is 0.501. The molecule has 20 heavy (non-hydrogen) atoms. The van der Waals surface area contributed by atoms with E-state index in [9.17, 15) is 4.79 Å². The third kappa shape index (κ3) is 6.90. The molecule has 112 valence electrons. The maximum atomic E-state index is 11.8. The number of aromatic nitrogens is 1. The Morgan fingerprint density at radius 3 is 2.45 bits per heavy atom. The van der Waals surface area contributed by atoms with E-state index in [-0.39, 0.29) is 5.91 Å². The first kappa shape index (κ1) is 17.0. The van der Waals surface area contributed by atoms with Crippen LogP contribution in [0.5, 0.6) is 0 Å². The van der Waals surface area contributed by atoms with Crippen molar-refractivity contribution in [3.8, 4) is 0 Å². The van der Waals surface area contributed by atoms with Crippen LogP contribution in [-0.4, -0.2) is 17.4 Å². The van der Waals surface area contributed by atoms with Gasteiger partial charge in [-0.2, -0.15) is 0 Å². The monoisotopic (exact) mass is 296 g/mol. The molecule has 0 unspecified atom stereocenters. The van der Waals surface area contributed by atoms with Crippen molar-refractivity contribution in [3.63, 3.8) is 0 Å². The van der Waals surface area contributed by atoms with Gasteiger partial charge in [-0.15, -0.1) is 0 Å². The van der Waals surface area contributed by atoms with Crippen molar-refractivity contribution >= 4 is 17.5 Å². The minimum atomic E-state index is -0.111. The molecule has 0 saturated heterocycles. The highest BCUT2D eigenvalue weighted by molar-refractivity contribution is 6.33. The van der Waals surface area contributed by atoms with Crippen LogP contribution in [0.2, 0.25) is 5.02 Å². The Hall–Kier alpha value is -1.09. The highest BCUT2D eigenvalue weighted by atomic mass is 35.5. The van der Waals surface area contributed by atoms with Gasteiger partial charge < -0.3 is 5.32 Å². The van der Waals surface area contributed by atoms with E-state index in [1.807, 2.05) is 0 Å². The topological polar surface area (TPSA) is 42.0 Å². The average molecular weight is 297 g/mol. The smallest absolute Gasteiger partial charge is 0.252 e. The predicted molar refractivity (Wildman–Crippen MR) is 84.2 cm³/mol. The van der Waals surface area contributed by atoms with Crippen molar-refractivity contribution < 1.29 is 4.79 Å². The molecular formula is C16H25ClN2O. The Morgan fingerprint density at radius 1 is 1.15 bits per heavy atom. The summed E-state index contributed by atoms with van der Waals surface area (Å²) in [4.78, 5) is 15.7. The van der Waals surface area contributed by atoms with Crippen LogP contribution < -0.4 is 5.32 Å². The molecule has 0 aliphatic rings. The van der Waals surface area contributed by atoms with Gasteiger partial charge in [0, 0.05) is 18.9 Å². The molecule has 1 heterocycles. The molecule has 0 bridgehead atoms. The highest BCUT2D eigenvalue weighted by Crippen LogP contribution is 2.13. The van der Waals surface area contributed by atoms with E-state index in [1.54, 1.807) is 12.3 Å². The zero-order chi connectivity index (χ0) is 14.6. The van der Waals surface area contributed by atoms with E-state index >= 15 is 0 Å². The summed E-state index contributed by atoms with van der Waals surface area (Å²) in [5.74, 6) is -0.111. The normalized spacial score (nSPS) is 10.5. The second-order valence-electron chi connectivity index (χ2n) is 5.09. The van der Waals surface area contributed by atoms with E-state index < -0.39 is 0 Å². The Labute approximate surface area is 127 Å². The summed E-state index contributed by atoms with van der Waals surface area (Å²) < 4.78 is 0. The standard InChI is InChI=1S/C16H25ClN2O/c1-2-3-4-5-6-7-8-9-11-19-16(20)14-10-12-18-13-15(14)17/h10,12-13H,2-9,11H2,1H3,(H,19,20). The van der Waals surface area contributed by atoms with Crippen molar-refractivity contribution in [1.82, 2.24) is 10.3 Å². The molecule has 0 aliphatic heterocycles. The van der Waals surface area contributed by atoms with Gasteiger partial charge in [0.15, 0.2) is 0 Å². The largest absolute Gasteiger partial charge is 0.352 e. The molecule has 1 amide bonds. The molecule has 1 N–H and O–H groups in total. The Bertz CT molecular complexity index is 396. The molecule has 3 nitrogen and oxygen atoms in total. The van der Waals surface area contributed by atoms with Crippen LogP contribution in [0.4, 0.5) is 0 Å². The van der Waals surface area contributed by atoms with Crippen LogP contribution in [0.1, 0.15) is 68.6 Å². The van der Waals surface area contributed by atoms with Crippen molar-refractivity contribution in [2.24, 2.45) is 0 Å². The number of carbonyl (C=O) groups excluding carboxylic acids is 1. The quantitative estimate of drug-likeness (QED) is 0.641. The lowest BCUT2D eigenvalue weighted by Gasteiger charge is -2.06. The van der Waals surface area contributed by atoms with E-state index in [1.165, 1.54) is 51.1 Å². The number of carbonyl (C=O) groups is 1. The molecule has 0 aliphatic carbocycles. The van der Waals surface area contributed by atoms with Gasteiger partial charge in [-0.05, 0) is 12.5 Å². The van der Waals surface area contributed by atoms with Crippen LogP contribution in [0, 0.1) is 0 Å². The third-order valence-electron chi connectivity index (χ3n) is 3.33. The molecule has 1 aromatic rings. The van der Waals surface area contributed by atoms with E-state index in [4.69, 9.17) is 11.6 Å². The molecule has 0 radical (unpaired) electrons. The molecular weight excluding hydrogens is 272 g/mol. The third-order valence-corrected chi connectivity index (χ3v) is 3.63. The molecule has 0 saturated carbocycles. The maximum Gasteiger partial charge on any atom is 0.252 e. The minimum absolute atomic E-state index is 0.111. The number of halogens is 1. The highest BCUT2D eigenvalue weighted by Gasteiger charge is 2.08. The van der Waals surface area contributed by atoms with E-state index in [2.05, 4.69) is 17.2 Å². The second kappa shape index (κ2) is 10.7. The van der Waals surface area contributed by atoms with Gasteiger partial charge in [0.05, 0.1) is 10.6 Å². The zero-order valence-corrected chi connectivity index (χ0v) is 13.1. The number of hydrogen-bond acceptors (Lipinski definition) is 2. The number of nitrogens with zero attached hydrogens (tertiary/aromatic N) is 1. The van der Waals surface area contributed by atoms with E-state index in [0.717, 1.165) is 6.42 Å². The van der Waals surface area contributed by atoms with Gasteiger partial charge in [0.1, 0.15) is 0 Å². The average Bonchev–Trinajstić information content (AvgIpc) is 2.46. The SMILES string of the molecule is CCCCCCCCCCNC(=O)c1ccncc1Cl. The van der Waals surface area contributed by atoms with Crippen molar-refractivity contribution in [2.75, 3.05) is 6.54 Å². The number of rotatable bonds is 10. The summed E-state index contributed by atoms with van der Waals surface area (Å²) in [6.07, 6.45) is 13.2. The van der Waals surface area contributed by atoms with Gasteiger partial charge >= 0.3 is 0 Å². The maximum absolute atomic E-state index is 11.8. The fourth-order valence-corrected chi connectivity index (χ4v) is 2.32. The first-order valence-corrected chi connectivity index (χ1v) is 8.01. The van der Waals surface area contributed by atoms with Crippen LogP contribution in [0.25, 0.3) is 0 Å². The van der Waals surface area contributed by atoms with Crippen molar-refractivity contribution in [1.29, 1.82) is 0 Å². The number of nitrogens with one attached hydrogen (secondary N) is 1. The van der Waals surface area contributed by atoms with Gasteiger partial charge in [0.2, 0.25) is 0 Å². The van der Waals surface area contributed by atoms with Gasteiger partial charge in [-0.25, -0.2) is 0 Å². The van der Waals surface area contributed by atoms with Crippen molar-refractivity contribution in [2.45, 2.75) is 58.3 Å². The molecule has 1 aromatic heterocycles. The molecule has 0 aromatic carbocycles. The number of unbranched alkanes of at least 4 members (excludes halogenated alkanes) is 7. The van der Waals surface area contributed by atoms with Crippen LogP contribution in [-0.2, 0) is 0 Å². The number of pyridine rings is 1. The van der Waals surface area contributed by atoms with E-state index in [0.29, 0.717) is 17.1 Å². The molecule has 0 spiro atoms. The Balaban J connectivity index is 2.04. The van der Waals surface area contributed by atoms with Crippen LogP contribution >= 0.6 is 11.6 Å². The lowest BCUT2D eigenvalue weighted by Crippen LogP contribution is -2.24. The van der Waals surface area contributed by atoms with Crippen LogP contribution in [0.3, 0.4) is 0 Å². The van der Waals surface area contributed by atoms with Crippen LogP contribution in [0.15, 0.2) is 18.5 Å². The summed E-state index contributed by atoms with van der Waals surface area (Å²) in [5, 5.41) is 3.30. The molecule has 0 fully saturated rings. The Kier molecular flexibility index (Phi) is 9.05. The fourth-order valence-electron chi connectivity index (χ4n) is 2.12. The lowest BCUT2D eigenvalue weighted by molar-refractivity contribution is 0.0953. The van der Waals surface area contributed by atoms with Gasteiger partial charge in [0.25, 0.3) is 5.91 Å². The van der Waals surface area contributed by atoms with Crippen molar-refractivity contribution in [3.05, 3.63) is 29.0 Å². The summed E-state index contributed by atoms with van der Waals surface area (Å²) in [7, 11) is 0. The lowest BCUT2D eigenvalue weighted by atomic mass is 10.1. The Morgan fingerprint density at radius 2 is 1.80 bits per heavy atom. The van der Waals surface area contributed by atoms with Gasteiger partial charge in [-0.1, -0.05) is 63.5 Å². The molecule has 4 heteroatoms. The first-order chi connectivity index (χ1) is 9.75. The fraction of sp³-hybridized carbons (Fsp3) is 0.625. The molecule has 0 atom stereocenters. The number of hydrogen-bond donors (Lipinski definition) is 1. The minimum Gasteiger partial charge on any atom is -0.352 e. The summed E-state index contributed by atoms with van der Waals surface area (Å²) in [6.45, 7) is 2.95. The first-order valence-electron chi connectivity index (χ1n) is 7.63.